The van der Waals surface area contributed by atoms with Crippen LogP contribution in [0.3, 0.4) is 0 Å². The fourth-order valence-corrected chi connectivity index (χ4v) is 2.26. The summed E-state index contributed by atoms with van der Waals surface area (Å²) in [5.74, 6) is -1.87. The first-order valence-corrected chi connectivity index (χ1v) is 4.91. The fourth-order valence-electron chi connectivity index (χ4n) is 2.26. The molecular formula is C9H16F2N2. The van der Waals surface area contributed by atoms with Gasteiger partial charge in [0.15, 0.2) is 0 Å². The normalized spacial score (nSPS) is 39.0. The van der Waals surface area contributed by atoms with Crippen molar-refractivity contribution in [3.63, 3.8) is 0 Å². The minimum atomic E-state index is -2.44. The maximum absolute atomic E-state index is 12.8. The van der Waals surface area contributed by atoms with Crippen molar-refractivity contribution in [2.75, 3.05) is 19.6 Å². The van der Waals surface area contributed by atoms with Crippen LogP contribution in [0.15, 0.2) is 0 Å². The van der Waals surface area contributed by atoms with E-state index in [2.05, 4.69) is 0 Å². The second kappa shape index (κ2) is 3.17. The summed E-state index contributed by atoms with van der Waals surface area (Å²) in [7, 11) is 0. The van der Waals surface area contributed by atoms with E-state index in [0.29, 0.717) is 18.5 Å². The average molecular weight is 190 g/mol. The number of hydrogen-bond acceptors (Lipinski definition) is 2. The molecule has 2 nitrogen and oxygen atoms in total. The number of halogens is 2. The van der Waals surface area contributed by atoms with E-state index < -0.39 is 5.92 Å². The molecule has 2 N–H and O–H groups in total. The molecule has 1 saturated heterocycles. The summed E-state index contributed by atoms with van der Waals surface area (Å²) in [6.45, 7) is 1.33. The van der Waals surface area contributed by atoms with Crippen LogP contribution >= 0.6 is 0 Å². The third-order valence-corrected chi connectivity index (χ3v) is 3.04. The van der Waals surface area contributed by atoms with Crippen LogP contribution in [0, 0.1) is 5.92 Å². The molecule has 1 aliphatic carbocycles. The van der Waals surface area contributed by atoms with Crippen LogP contribution < -0.4 is 5.73 Å². The standard InChI is InChI=1S/C9H16F2N2/c10-9(11)1-2-13(6-9)5-7-3-8(12)4-7/h7-8H,1-6,12H2. The lowest BCUT2D eigenvalue weighted by Crippen LogP contribution is -2.42. The predicted molar refractivity (Wildman–Crippen MR) is 46.7 cm³/mol. The van der Waals surface area contributed by atoms with Crippen LogP contribution in [0.2, 0.25) is 0 Å². The Kier molecular flexibility index (Phi) is 2.28. The Morgan fingerprint density at radius 3 is 2.54 bits per heavy atom. The molecule has 2 aliphatic rings. The molecule has 4 heteroatoms. The summed E-state index contributed by atoms with van der Waals surface area (Å²) in [5.41, 5.74) is 5.63. The van der Waals surface area contributed by atoms with Crippen LogP contribution in [0.25, 0.3) is 0 Å². The van der Waals surface area contributed by atoms with Crippen LogP contribution in [0.1, 0.15) is 19.3 Å². The van der Waals surface area contributed by atoms with Crippen molar-refractivity contribution >= 4 is 0 Å². The summed E-state index contributed by atoms with van der Waals surface area (Å²) >= 11 is 0. The zero-order valence-electron chi connectivity index (χ0n) is 7.68. The van der Waals surface area contributed by atoms with E-state index in [1.165, 1.54) is 0 Å². The topological polar surface area (TPSA) is 29.3 Å². The van der Waals surface area contributed by atoms with Crippen molar-refractivity contribution in [1.29, 1.82) is 0 Å². The minimum Gasteiger partial charge on any atom is -0.328 e. The Bertz CT molecular complexity index is 190. The molecule has 1 saturated carbocycles. The molecule has 13 heavy (non-hydrogen) atoms. The average Bonchev–Trinajstić information content (AvgIpc) is 2.27. The minimum absolute atomic E-state index is 0.0335. The molecule has 0 unspecified atom stereocenters. The lowest BCUT2D eigenvalue weighted by Gasteiger charge is -2.35. The van der Waals surface area contributed by atoms with Crippen molar-refractivity contribution in [3.8, 4) is 0 Å². The summed E-state index contributed by atoms with van der Waals surface area (Å²) in [4.78, 5) is 1.87. The van der Waals surface area contributed by atoms with Gasteiger partial charge in [0.1, 0.15) is 0 Å². The highest BCUT2D eigenvalue weighted by molar-refractivity contribution is 4.88. The predicted octanol–water partition coefficient (Wildman–Crippen LogP) is 1.06. The van der Waals surface area contributed by atoms with E-state index in [9.17, 15) is 8.78 Å². The Labute approximate surface area is 77.1 Å². The molecule has 0 bridgehead atoms. The monoisotopic (exact) mass is 190 g/mol. The molecule has 0 atom stereocenters. The molecule has 0 radical (unpaired) electrons. The zero-order chi connectivity index (χ0) is 9.47. The first-order chi connectivity index (χ1) is 6.05. The molecule has 0 aromatic rings. The van der Waals surface area contributed by atoms with Gasteiger partial charge in [0.05, 0.1) is 6.54 Å². The van der Waals surface area contributed by atoms with Crippen LogP contribution in [0.5, 0.6) is 0 Å². The van der Waals surface area contributed by atoms with Crippen LogP contribution in [0.4, 0.5) is 8.78 Å². The van der Waals surface area contributed by atoms with Gasteiger partial charge in [-0.15, -0.1) is 0 Å². The Hall–Kier alpha value is -0.220. The Balaban J connectivity index is 1.72. The van der Waals surface area contributed by atoms with E-state index in [1.54, 1.807) is 0 Å². The number of likely N-dealkylation sites (tertiary alicyclic amines) is 1. The van der Waals surface area contributed by atoms with E-state index in [-0.39, 0.29) is 13.0 Å². The first-order valence-electron chi connectivity index (χ1n) is 4.91. The van der Waals surface area contributed by atoms with Crippen LogP contribution in [-0.2, 0) is 0 Å². The first kappa shape index (κ1) is 9.34. The van der Waals surface area contributed by atoms with Gasteiger partial charge in [-0.3, -0.25) is 4.90 Å². The maximum Gasteiger partial charge on any atom is 0.261 e. The smallest absolute Gasteiger partial charge is 0.261 e. The highest BCUT2D eigenvalue weighted by atomic mass is 19.3. The molecule has 0 aromatic carbocycles. The van der Waals surface area contributed by atoms with Gasteiger partial charge >= 0.3 is 0 Å². The summed E-state index contributed by atoms with van der Waals surface area (Å²) in [6.07, 6.45) is 2.07. The second-order valence-electron chi connectivity index (χ2n) is 4.44. The fraction of sp³-hybridized carbons (Fsp3) is 1.00. The van der Waals surface area contributed by atoms with E-state index in [4.69, 9.17) is 5.73 Å². The Morgan fingerprint density at radius 2 is 2.08 bits per heavy atom. The molecular weight excluding hydrogens is 174 g/mol. The molecule has 2 fully saturated rings. The largest absolute Gasteiger partial charge is 0.328 e. The van der Waals surface area contributed by atoms with Gasteiger partial charge in [-0.2, -0.15) is 0 Å². The van der Waals surface area contributed by atoms with Crippen molar-refractivity contribution in [2.45, 2.75) is 31.2 Å². The molecule has 1 aliphatic heterocycles. The third-order valence-electron chi connectivity index (χ3n) is 3.04. The zero-order valence-corrected chi connectivity index (χ0v) is 7.68. The van der Waals surface area contributed by atoms with Crippen molar-refractivity contribution in [3.05, 3.63) is 0 Å². The molecule has 0 aromatic heterocycles. The van der Waals surface area contributed by atoms with Crippen molar-refractivity contribution in [2.24, 2.45) is 11.7 Å². The van der Waals surface area contributed by atoms with E-state index in [0.717, 1.165) is 19.4 Å². The number of rotatable bonds is 2. The highest BCUT2D eigenvalue weighted by Gasteiger charge is 2.39. The lowest BCUT2D eigenvalue weighted by molar-refractivity contribution is 0.00914. The van der Waals surface area contributed by atoms with Gasteiger partial charge in [-0.05, 0) is 18.8 Å². The molecule has 0 amide bonds. The molecule has 1 heterocycles. The second-order valence-corrected chi connectivity index (χ2v) is 4.44. The summed E-state index contributed by atoms with van der Waals surface area (Å²) in [5, 5.41) is 0. The quantitative estimate of drug-likeness (QED) is 0.705. The number of hydrogen-bond donors (Lipinski definition) is 1. The highest BCUT2D eigenvalue weighted by Crippen LogP contribution is 2.31. The van der Waals surface area contributed by atoms with E-state index >= 15 is 0 Å². The Morgan fingerprint density at radius 1 is 1.38 bits per heavy atom. The lowest BCUT2D eigenvalue weighted by atomic mass is 9.80. The van der Waals surface area contributed by atoms with Gasteiger partial charge in [0.2, 0.25) is 0 Å². The molecule has 2 rings (SSSR count). The maximum atomic E-state index is 12.8. The third kappa shape index (κ3) is 2.17. The van der Waals surface area contributed by atoms with Gasteiger partial charge < -0.3 is 5.73 Å². The molecule has 76 valence electrons. The number of alkyl halides is 2. The van der Waals surface area contributed by atoms with Crippen molar-refractivity contribution < 1.29 is 8.78 Å². The van der Waals surface area contributed by atoms with Gasteiger partial charge in [-0.1, -0.05) is 0 Å². The van der Waals surface area contributed by atoms with Crippen molar-refractivity contribution in [1.82, 2.24) is 4.90 Å². The summed E-state index contributed by atoms with van der Waals surface area (Å²) < 4.78 is 25.6. The molecule has 0 spiro atoms. The summed E-state index contributed by atoms with van der Waals surface area (Å²) in [6, 6.07) is 0.327. The van der Waals surface area contributed by atoms with Gasteiger partial charge in [-0.25, -0.2) is 8.78 Å². The number of nitrogens with two attached hydrogens (primary N) is 1. The van der Waals surface area contributed by atoms with E-state index in [1.807, 2.05) is 4.90 Å². The van der Waals surface area contributed by atoms with Crippen LogP contribution in [-0.4, -0.2) is 36.5 Å². The number of nitrogens with zero attached hydrogens (tertiary/aromatic N) is 1. The van der Waals surface area contributed by atoms with Gasteiger partial charge in [0, 0.05) is 25.6 Å². The van der Waals surface area contributed by atoms with Gasteiger partial charge in [0.25, 0.3) is 5.92 Å². The SMILES string of the molecule is NC1CC(CN2CCC(F)(F)C2)C1.